The van der Waals surface area contributed by atoms with E-state index in [1.807, 2.05) is 0 Å². The molecular weight excluding hydrogens is 280 g/mol. The van der Waals surface area contributed by atoms with Crippen LogP contribution in [0, 0.1) is 6.92 Å². The number of hydrogen-bond donors (Lipinski definition) is 4. The monoisotopic (exact) mass is 298 g/mol. The van der Waals surface area contributed by atoms with Crippen LogP contribution in [-0.2, 0) is 9.47 Å². The zero-order chi connectivity index (χ0) is 16.0. The van der Waals surface area contributed by atoms with Gasteiger partial charge in [-0.2, -0.15) is 0 Å². The van der Waals surface area contributed by atoms with Gasteiger partial charge in [-0.1, -0.05) is 18.2 Å². The largest absolute Gasteiger partial charge is 0.447 e. The van der Waals surface area contributed by atoms with E-state index in [0.29, 0.717) is 11.1 Å². The third-order valence-corrected chi connectivity index (χ3v) is 2.81. The lowest BCUT2D eigenvalue weighted by Crippen LogP contribution is -2.19. The van der Waals surface area contributed by atoms with Gasteiger partial charge in [0.15, 0.2) is 0 Å². The fraction of sp³-hybridized carbons (Fsp3) is 0.385. The molecule has 1 rings (SSSR count). The van der Waals surface area contributed by atoms with E-state index < -0.39 is 24.4 Å². The number of benzene rings is 1. The molecule has 0 saturated carbocycles. The molecule has 0 saturated heterocycles. The molecule has 2 unspecified atom stereocenters. The molecule has 2 amide bonds. The predicted octanol–water partition coefficient (Wildman–Crippen LogP) is 0.252. The fourth-order valence-corrected chi connectivity index (χ4v) is 1.73. The number of rotatable bonds is 6. The second-order valence-electron chi connectivity index (χ2n) is 4.41. The molecule has 0 fully saturated rings. The first-order valence-corrected chi connectivity index (χ1v) is 6.12. The van der Waals surface area contributed by atoms with E-state index in [-0.39, 0.29) is 13.2 Å². The minimum Gasteiger partial charge on any atom is -0.447 e. The zero-order valence-corrected chi connectivity index (χ0v) is 11.5. The van der Waals surface area contributed by atoms with Crippen molar-refractivity contribution in [1.82, 2.24) is 0 Å². The molecule has 0 spiro atoms. The topological polar surface area (TPSA) is 145 Å². The number of primary amides is 2. The van der Waals surface area contributed by atoms with E-state index in [1.165, 1.54) is 6.07 Å². The summed E-state index contributed by atoms with van der Waals surface area (Å²) in [6.07, 6.45) is -4.14. The predicted molar refractivity (Wildman–Crippen MR) is 72.2 cm³/mol. The van der Waals surface area contributed by atoms with Crippen molar-refractivity contribution >= 4 is 12.2 Å². The minimum atomic E-state index is -1.08. The normalized spacial score (nSPS) is 13.3. The lowest BCUT2D eigenvalue weighted by molar-refractivity contribution is 0.0689. The highest BCUT2D eigenvalue weighted by Crippen LogP contribution is 2.23. The van der Waals surface area contributed by atoms with Gasteiger partial charge in [0, 0.05) is 0 Å². The molecule has 0 aliphatic carbocycles. The maximum Gasteiger partial charge on any atom is 0.404 e. The molecule has 0 aromatic heterocycles. The van der Waals surface area contributed by atoms with Crippen LogP contribution in [0.15, 0.2) is 18.2 Å². The maximum absolute atomic E-state index is 10.5. The smallest absolute Gasteiger partial charge is 0.404 e. The van der Waals surface area contributed by atoms with Gasteiger partial charge >= 0.3 is 12.2 Å². The Morgan fingerprint density at radius 3 is 2.14 bits per heavy atom. The summed E-state index contributed by atoms with van der Waals surface area (Å²) in [6.45, 7) is 1.15. The van der Waals surface area contributed by atoms with E-state index in [0.717, 1.165) is 5.56 Å². The molecule has 116 valence electrons. The summed E-state index contributed by atoms with van der Waals surface area (Å²) in [5.74, 6) is 0. The molecule has 0 radical (unpaired) electrons. The first kappa shape index (κ1) is 16.7. The maximum atomic E-state index is 10.5. The van der Waals surface area contributed by atoms with Crippen LogP contribution in [0.5, 0.6) is 0 Å². The van der Waals surface area contributed by atoms with Crippen molar-refractivity contribution in [3.8, 4) is 0 Å². The lowest BCUT2D eigenvalue weighted by atomic mass is 9.98. The Balaban J connectivity index is 2.83. The fourth-order valence-electron chi connectivity index (χ4n) is 1.73. The number of nitrogens with two attached hydrogens (primary N) is 2. The second kappa shape index (κ2) is 7.46. The van der Waals surface area contributed by atoms with Crippen molar-refractivity contribution < 1.29 is 29.3 Å². The van der Waals surface area contributed by atoms with E-state index in [1.54, 1.807) is 19.1 Å². The number of aliphatic hydroxyl groups excluding tert-OH is 2. The Kier molecular flexibility index (Phi) is 5.94. The van der Waals surface area contributed by atoms with Crippen LogP contribution in [-0.4, -0.2) is 35.6 Å². The van der Waals surface area contributed by atoms with Gasteiger partial charge in [0.05, 0.1) is 0 Å². The Morgan fingerprint density at radius 2 is 1.62 bits per heavy atom. The second-order valence-corrected chi connectivity index (χ2v) is 4.41. The van der Waals surface area contributed by atoms with Crippen LogP contribution >= 0.6 is 0 Å². The minimum absolute atomic E-state index is 0.298. The first-order chi connectivity index (χ1) is 9.81. The molecule has 0 aliphatic heterocycles. The zero-order valence-electron chi connectivity index (χ0n) is 11.5. The average Bonchev–Trinajstić information content (AvgIpc) is 2.42. The summed E-state index contributed by atoms with van der Waals surface area (Å²) in [5.41, 5.74) is 11.3. The molecule has 2 atom stereocenters. The van der Waals surface area contributed by atoms with Gasteiger partial charge in [-0.3, -0.25) is 0 Å². The lowest BCUT2D eigenvalue weighted by Gasteiger charge is -2.17. The molecule has 21 heavy (non-hydrogen) atoms. The van der Waals surface area contributed by atoms with Gasteiger partial charge in [-0.25, -0.2) is 9.59 Å². The summed E-state index contributed by atoms with van der Waals surface area (Å²) in [7, 11) is 0. The first-order valence-electron chi connectivity index (χ1n) is 6.12. The van der Waals surface area contributed by atoms with E-state index in [2.05, 4.69) is 9.47 Å². The van der Waals surface area contributed by atoms with Crippen molar-refractivity contribution in [3.63, 3.8) is 0 Å². The van der Waals surface area contributed by atoms with Crippen LogP contribution < -0.4 is 11.5 Å². The van der Waals surface area contributed by atoms with Crippen molar-refractivity contribution in [2.45, 2.75) is 19.1 Å². The summed E-state index contributed by atoms with van der Waals surface area (Å²) in [4.78, 5) is 21.0. The number of carbonyl (C=O) groups excluding carboxylic acids is 2. The molecular formula is C13H18N2O6. The standard InChI is InChI=1S/C13H18N2O6/c1-7-2-3-8(10(16)5-20-12(14)18)4-9(7)11(17)6-21-13(15)19/h2-4,10-11,16-17H,5-6H2,1H3,(H2,14,18)(H2,15,19). The molecule has 0 bridgehead atoms. The van der Waals surface area contributed by atoms with E-state index in [9.17, 15) is 19.8 Å². The Labute approximate surface area is 121 Å². The van der Waals surface area contributed by atoms with Gasteiger partial charge in [-0.05, 0) is 23.6 Å². The average molecular weight is 298 g/mol. The number of aryl methyl sites for hydroxylation is 1. The Morgan fingerprint density at radius 1 is 1.10 bits per heavy atom. The van der Waals surface area contributed by atoms with E-state index >= 15 is 0 Å². The summed E-state index contributed by atoms with van der Waals surface area (Å²) < 4.78 is 9.04. The van der Waals surface area contributed by atoms with Crippen LogP contribution in [0.4, 0.5) is 9.59 Å². The molecule has 6 N–H and O–H groups in total. The molecule has 1 aromatic rings. The summed E-state index contributed by atoms with van der Waals surface area (Å²) >= 11 is 0. The highest BCUT2D eigenvalue weighted by Gasteiger charge is 2.16. The van der Waals surface area contributed by atoms with Gasteiger partial charge in [0.2, 0.25) is 0 Å². The van der Waals surface area contributed by atoms with E-state index in [4.69, 9.17) is 11.5 Å². The molecule has 1 aromatic carbocycles. The molecule has 0 aliphatic rings. The Bertz CT molecular complexity index is 519. The molecule has 8 heteroatoms. The van der Waals surface area contributed by atoms with Crippen LogP contribution in [0.25, 0.3) is 0 Å². The van der Waals surface area contributed by atoms with Gasteiger partial charge in [0.1, 0.15) is 25.4 Å². The quantitative estimate of drug-likeness (QED) is 0.592. The summed E-state index contributed by atoms with van der Waals surface area (Å²) in [5, 5.41) is 19.8. The van der Waals surface area contributed by atoms with Crippen molar-refractivity contribution in [2.24, 2.45) is 11.5 Å². The van der Waals surface area contributed by atoms with Crippen molar-refractivity contribution in [1.29, 1.82) is 0 Å². The van der Waals surface area contributed by atoms with Crippen molar-refractivity contribution in [2.75, 3.05) is 13.2 Å². The van der Waals surface area contributed by atoms with Gasteiger partial charge < -0.3 is 31.2 Å². The van der Waals surface area contributed by atoms with Crippen LogP contribution in [0.1, 0.15) is 28.9 Å². The molecule has 0 heterocycles. The van der Waals surface area contributed by atoms with Gasteiger partial charge in [0.25, 0.3) is 0 Å². The number of aliphatic hydroxyl groups is 2. The SMILES string of the molecule is Cc1ccc(C(O)COC(N)=O)cc1C(O)COC(N)=O. The highest BCUT2D eigenvalue weighted by molar-refractivity contribution is 5.64. The van der Waals surface area contributed by atoms with Crippen LogP contribution in [0.2, 0.25) is 0 Å². The number of hydrogen-bond acceptors (Lipinski definition) is 6. The number of ether oxygens (including phenoxy) is 2. The third kappa shape index (κ3) is 5.28. The number of amides is 2. The third-order valence-electron chi connectivity index (χ3n) is 2.81. The highest BCUT2D eigenvalue weighted by atomic mass is 16.6. The van der Waals surface area contributed by atoms with Crippen molar-refractivity contribution in [3.05, 3.63) is 34.9 Å². The van der Waals surface area contributed by atoms with Crippen LogP contribution in [0.3, 0.4) is 0 Å². The number of carbonyl (C=O) groups is 2. The summed E-state index contributed by atoms with van der Waals surface area (Å²) in [6, 6.07) is 4.82. The molecule has 8 nitrogen and oxygen atoms in total. The van der Waals surface area contributed by atoms with Gasteiger partial charge in [-0.15, -0.1) is 0 Å². The Hall–Kier alpha value is -2.32.